The van der Waals surface area contributed by atoms with Gasteiger partial charge >= 0.3 is 5.97 Å². The van der Waals surface area contributed by atoms with Crippen molar-refractivity contribution < 1.29 is 23.8 Å². The first kappa shape index (κ1) is 18.8. The SMILES string of the molecule is C[C@@H](OC(=O)c1cc2c(s1)CCCCC2)C(=O)Nc1ccc2c(c1)OCCO2. The van der Waals surface area contributed by atoms with Crippen LogP contribution in [0.15, 0.2) is 24.3 Å². The Hall–Kier alpha value is -2.54. The normalized spacial score (nSPS) is 16.5. The fourth-order valence-corrected chi connectivity index (χ4v) is 4.54. The van der Waals surface area contributed by atoms with E-state index in [9.17, 15) is 9.59 Å². The van der Waals surface area contributed by atoms with Crippen LogP contribution in [0.3, 0.4) is 0 Å². The summed E-state index contributed by atoms with van der Waals surface area (Å²) in [4.78, 5) is 26.8. The quantitative estimate of drug-likeness (QED) is 0.620. The molecule has 1 aromatic heterocycles. The van der Waals surface area contributed by atoms with Crippen LogP contribution >= 0.6 is 11.3 Å². The van der Waals surface area contributed by atoms with Crippen molar-refractivity contribution in [2.24, 2.45) is 0 Å². The van der Waals surface area contributed by atoms with Crippen molar-refractivity contribution in [2.45, 2.75) is 45.1 Å². The number of thiophene rings is 1. The largest absolute Gasteiger partial charge is 0.486 e. The summed E-state index contributed by atoms with van der Waals surface area (Å²) in [6, 6.07) is 7.12. The second-order valence-electron chi connectivity index (χ2n) is 7.01. The highest BCUT2D eigenvalue weighted by molar-refractivity contribution is 7.14. The number of hydrogen-bond donors (Lipinski definition) is 1. The van der Waals surface area contributed by atoms with Crippen LogP contribution in [0.5, 0.6) is 11.5 Å². The number of ether oxygens (including phenoxy) is 3. The van der Waals surface area contributed by atoms with E-state index in [-0.39, 0.29) is 5.91 Å². The van der Waals surface area contributed by atoms with Gasteiger partial charge in [-0.3, -0.25) is 4.79 Å². The number of carbonyl (C=O) groups is 2. The molecule has 1 atom stereocenters. The molecule has 1 aliphatic carbocycles. The van der Waals surface area contributed by atoms with Crippen LogP contribution in [0.25, 0.3) is 0 Å². The molecule has 1 aromatic carbocycles. The zero-order valence-electron chi connectivity index (χ0n) is 15.8. The second kappa shape index (κ2) is 8.22. The first-order chi connectivity index (χ1) is 13.6. The van der Waals surface area contributed by atoms with E-state index in [1.54, 1.807) is 25.1 Å². The summed E-state index contributed by atoms with van der Waals surface area (Å²) in [5, 5.41) is 2.76. The van der Waals surface area contributed by atoms with E-state index in [0.717, 1.165) is 25.7 Å². The third kappa shape index (κ3) is 4.14. The molecule has 6 nitrogen and oxygen atoms in total. The van der Waals surface area contributed by atoms with Gasteiger partial charge in [-0.1, -0.05) is 6.42 Å². The van der Waals surface area contributed by atoms with E-state index in [4.69, 9.17) is 14.2 Å². The summed E-state index contributed by atoms with van der Waals surface area (Å²) in [5.74, 6) is 0.418. The van der Waals surface area contributed by atoms with Crippen molar-refractivity contribution in [1.82, 2.24) is 0 Å². The third-order valence-electron chi connectivity index (χ3n) is 4.91. The molecule has 148 valence electrons. The van der Waals surface area contributed by atoms with Crippen molar-refractivity contribution in [3.63, 3.8) is 0 Å². The van der Waals surface area contributed by atoms with Crippen molar-refractivity contribution in [2.75, 3.05) is 18.5 Å². The molecule has 1 N–H and O–H groups in total. The smallest absolute Gasteiger partial charge is 0.349 e. The fraction of sp³-hybridized carbons (Fsp3) is 0.429. The van der Waals surface area contributed by atoms with E-state index in [1.165, 1.54) is 28.2 Å². The number of esters is 1. The van der Waals surface area contributed by atoms with Gasteiger partial charge in [-0.15, -0.1) is 11.3 Å². The molecule has 2 aromatic rings. The van der Waals surface area contributed by atoms with Crippen LogP contribution in [0, 0.1) is 0 Å². The highest BCUT2D eigenvalue weighted by Gasteiger charge is 2.23. The number of aryl methyl sites for hydroxylation is 2. The molecule has 0 saturated heterocycles. The molecule has 1 aliphatic heterocycles. The van der Waals surface area contributed by atoms with Crippen molar-refractivity contribution in [3.8, 4) is 11.5 Å². The Morgan fingerprint density at radius 1 is 1.07 bits per heavy atom. The zero-order valence-corrected chi connectivity index (χ0v) is 16.6. The molecule has 0 fully saturated rings. The van der Waals surface area contributed by atoms with Gasteiger partial charge in [-0.25, -0.2) is 4.79 Å². The molecule has 2 aliphatic rings. The Morgan fingerprint density at radius 2 is 1.86 bits per heavy atom. The van der Waals surface area contributed by atoms with E-state index in [0.29, 0.717) is 35.3 Å². The van der Waals surface area contributed by atoms with Gasteiger partial charge in [0.1, 0.15) is 18.1 Å². The lowest BCUT2D eigenvalue weighted by atomic mass is 10.1. The summed E-state index contributed by atoms with van der Waals surface area (Å²) >= 11 is 1.49. The molecule has 0 unspecified atom stereocenters. The maximum Gasteiger partial charge on any atom is 0.349 e. The fourth-order valence-electron chi connectivity index (χ4n) is 3.41. The van der Waals surface area contributed by atoms with Crippen molar-refractivity contribution in [1.29, 1.82) is 0 Å². The molecule has 0 spiro atoms. The monoisotopic (exact) mass is 401 g/mol. The van der Waals surface area contributed by atoms with Gasteiger partial charge in [0, 0.05) is 16.6 Å². The Labute approximate surface area is 167 Å². The molecular weight excluding hydrogens is 378 g/mol. The first-order valence-corrected chi connectivity index (χ1v) is 10.4. The van der Waals surface area contributed by atoms with Crippen LogP contribution in [0.2, 0.25) is 0 Å². The van der Waals surface area contributed by atoms with Gasteiger partial charge in [-0.05, 0) is 56.4 Å². The van der Waals surface area contributed by atoms with Crippen LogP contribution in [-0.2, 0) is 22.4 Å². The zero-order chi connectivity index (χ0) is 19.5. The van der Waals surface area contributed by atoms with Gasteiger partial charge < -0.3 is 19.5 Å². The maximum absolute atomic E-state index is 12.5. The average Bonchev–Trinajstić information content (AvgIpc) is 2.98. The molecule has 4 rings (SSSR count). The molecule has 0 radical (unpaired) electrons. The number of benzene rings is 1. The number of fused-ring (bicyclic) bond motifs is 2. The molecule has 7 heteroatoms. The average molecular weight is 401 g/mol. The van der Waals surface area contributed by atoms with Crippen LogP contribution in [0.1, 0.15) is 46.3 Å². The number of carbonyl (C=O) groups excluding carboxylic acids is 2. The lowest BCUT2D eigenvalue weighted by molar-refractivity contribution is -0.123. The number of nitrogens with one attached hydrogen (secondary N) is 1. The van der Waals surface area contributed by atoms with Crippen molar-refractivity contribution in [3.05, 3.63) is 39.6 Å². The summed E-state index contributed by atoms with van der Waals surface area (Å²) < 4.78 is 16.4. The third-order valence-corrected chi connectivity index (χ3v) is 6.13. The summed E-state index contributed by atoms with van der Waals surface area (Å²) in [5.41, 5.74) is 1.82. The number of amides is 1. The van der Waals surface area contributed by atoms with Gasteiger partial charge in [0.25, 0.3) is 5.91 Å². The predicted octanol–water partition coefficient (Wildman–Crippen LogP) is 3.97. The molecule has 2 heterocycles. The summed E-state index contributed by atoms with van der Waals surface area (Å²) in [7, 11) is 0. The Balaban J connectivity index is 1.37. The lowest BCUT2D eigenvalue weighted by Gasteiger charge is -2.19. The van der Waals surface area contributed by atoms with E-state index < -0.39 is 12.1 Å². The predicted molar refractivity (Wildman–Crippen MR) is 107 cm³/mol. The van der Waals surface area contributed by atoms with E-state index in [2.05, 4.69) is 5.32 Å². The summed E-state index contributed by atoms with van der Waals surface area (Å²) in [6.07, 6.45) is 4.69. The molecule has 0 saturated carbocycles. The van der Waals surface area contributed by atoms with Crippen LogP contribution in [-0.4, -0.2) is 31.2 Å². The Morgan fingerprint density at radius 3 is 2.71 bits per heavy atom. The van der Waals surface area contributed by atoms with E-state index in [1.807, 2.05) is 6.07 Å². The standard InChI is InChI=1S/C21H23NO5S/c1-13(20(23)22-15-7-8-16-17(12-15)26-10-9-25-16)27-21(24)19-11-14-5-3-2-4-6-18(14)28-19/h7-8,11-13H,2-6,9-10H2,1H3,(H,22,23)/t13-/m1/s1. The summed E-state index contributed by atoms with van der Waals surface area (Å²) in [6.45, 7) is 2.56. The number of hydrogen-bond acceptors (Lipinski definition) is 6. The van der Waals surface area contributed by atoms with Gasteiger partial charge in [0.15, 0.2) is 17.6 Å². The van der Waals surface area contributed by atoms with Crippen molar-refractivity contribution >= 4 is 28.9 Å². The minimum absolute atomic E-state index is 0.386. The molecular formula is C21H23NO5S. The number of anilines is 1. The van der Waals surface area contributed by atoms with Gasteiger partial charge in [0.2, 0.25) is 0 Å². The minimum atomic E-state index is -0.900. The maximum atomic E-state index is 12.5. The molecule has 28 heavy (non-hydrogen) atoms. The first-order valence-electron chi connectivity index (χ1n) is 9.63. The topological polar surface area (TPSA) is 73.9 Å². The highest BCUT2D eigenvalue weighted by Crippen LogP contribution is 2.33. The lowest BCUT2D eigenvalue weighted by Crippen LogP contribution is -2.29. The Kier molecular flexibility index (Phi) is 5.52. The minimum Gasteiger partial charge on any atom is -0.486 e. The van der Waals surface area contributed by atoms with Crippen LogP contribution < -0.4 is 14.8 Å². The molecule has 1 amide bonds. The van der Waals surface area contributed by atoms with Gasteiger partial charge in [-0.2, -0.15) is 0 Å². The van der Waals surface area contributed by atoms with Gasteiger partial charge in [0.05, 0.1) is 0 Å². The highest BCUT2D eigenvalue weighted by atomic mass is 32.1. The van der Waals surface area contributed by atoms with Crippen LogP contribution in [0.4, 0.5) is 5.69 Å². The Bertz CT molecular complexity index is 867. The molecule has 0 bridgehead atoms. The second-order valence-corrected chi connectivity index (χ2v) is 8.15. The number of rotatable bonds is 4. The van der Waals surface area contributed by atoms with E-state index >= 15 is 0 Å².